The van der Waals surface area contributed by atoms with E-state index in [1.54, 1.807) is 6.92 Å². The number of aromatic carboxylic acids is 2. The summed E-state index contributed by atoms with van der Waals surface area (Å²) in [5, 5.41) is 17.5. The van der Waals surface area contributed by atoms with Gasteiger partial charge in [0.1, 0.15) is 11.5 Å². The van der Waals surface area contributed by atoms with Crippen LogP contribution >= 0.6 is 0 Å². The van der Waals surface area contributed by atoms with Gasteiger partial charge < -0.3 is 19.0 Å². The minimum Gasteiger partial charge on any atom is -0.475 e. The zero-order chi connectivity index (χ0) is 13.3. The van der Waals surface area contributed by atoms with E-state index in [4.69, 9.17) is 19.0 Å². The molecule has 0 saturated carbocycles. The maximum Gasteiger partial charge on any atom is 0.371 e. The van der Waals surface area contributed by atoms with Gasteiger partial charge in [0.15, 0.2) is 0 Å². The van der Waals surface area contributed by atoms with Crippen molar-refractivity contribution in [2.45, 2.75) is 12.8 Å². The highest BCUT2D eigenvalue weighted by atomic mass is 16.4. The van der Waals surface area contributed by atoms with Gasteiger partial charge in [0.2, 0.25) is 11.5 Å². The van der Waals surface area contributed by atoms with Gasteiger partial charge >= 0.3 is 11.9 Å². The summed E-state index contributed by atoms with van der Waals surface area (Å²) in [6.07, 6.45) is 0. The molecule has 0 unspecified atom stereocenters. The molecule has 0 aliphatic carbocycles. The van der Waals surface area contributed by atoms with Crippen molar-refractivity contribution in [1.29, 1.82) is 0 Å². The fourth-order valence-corrected chi connectivity index (χ4v) is 1.54. The van der Waals surface area contributed by atoms with Gasteiger partial charge in [0, 0.05) is 0 Å². The third-order valence-electron chi connectivity index (χ3n) is 2.53. The Morgan fingerprint density at radius 2 is 1.33 bits per heavy atom. The van der Waals surface area contributed by atoms with Crippen LogP contribution in [0.4, 0.5) is 0 Å². The summed E-state index contributed by atoms with van der Waals surface area (Å²) in [5.41, 5.74) is 0. The highest BCUT2D eigenvalue weighted by molar-refractivity contribution is 5.84. The Balaban J connectivity index is 2.26. The molecule has 0 aliphatic rings. The number of carbonyl (C=O) groups is 2. The second kappa shape index (κ2) is 4.40. The Morgan fingerprint density at radius 1 is 0.944 bits per heavy atom. The second-order valence-corrected chi connectivity index (χ2v) is 3.74. The lowest BCUT2D eigenvalue weighted by molar-refractivity contribution is 0.0653. The van der Waals surface area contributed by atoms with E-state index in [2.05, 4.69) is 0 Å². The predicted molar refractivity (Wildman–Crippen MR) is 58.9 cm³/mol. The van der Waals surface area contributed by atoms with Crippen LogP contribution in [0.25, 0.3) is 0 Å². The van der Waals surface area contributed by atoms with Gasteiger partial charge in [-0.25, -0.2) is 9.59 Å². The molecule has 0 saturated heterocycles. The molecule has 0 fully saturated rings. The van der Waals surface area contributed by atoms with Gasteiger partial charge in [0.05, 0.1) is 5.92 Å². The van der Waals surface area contributed by atoms with Crippen molar-refractivity contribution in [3.05, 3.63) is 47.3 Å². The minimum absolute atomic E-state index is 0.165. The second-order valence-electron chi connectivity index (χ2n) is 3.74. The summed E-state index contributed by atoms with van der Waals surface area (Å²) < 4.78 is 10.2. The Bertz CT molecular complexity index is 539. The van der Waals surface area contributed by atoms with Crippen LogP contribution in [-0.2, 0) is 0 Å². The molecule has 0 bridgehead atoms. The van der Waals surface area contributed by atoms with Gasteiger partial charge in [-0.1, -0.05) is 0 Å². The van der Waals surface area contributed by atoms with Crippen LogP contribution in [0, 0.1) is 0 Å². The number of rotatable bonds is 4. The molecule has 0 amide bonds. The summed E-state index contributed by atoms with van der Waals surface area (Å²) in [7, 11) is 0. The number of hydrogen-bond donors (Lipinski definition) is 2. The molecular formula is C12H10O6. The molecule has 2 N–H and O–H groups in total. The van der Waals surface area contributed by atoms with Gasteiger partial charge in [-0.2, -0.15) is 0 Å². The molecule has 2 rings (SSSR count). The third-order valence-corrected chi connectivity index (χ3v) is 2.53. The average Bonchev–Trinajstić information content (AvgIpc) is 2.97. The molecule has 2 heterocycles. The van der Waals surface area contributed by atoms with Crippen LogP contribution in [-0.4, -0.2) is 22.2 Å². The number of furan rings is 2. The highest BCUT2D eigenvalue weighted by Crippen LogP contribution is 2.27. The van der Waals surface area contributed by atoms with Gasteiger partial charge in [-0.3, -0.25) is 0 Å². The van der Waals surface area contributed by atoms with Crippen molar-refractivity contribution in [2.24, 2.45) is 0 Å². The van der Waals surface area contributed by atoms with E-state index < -0.39 is 11.9 Å². The van der Waals surface area contributed by atoms with E-state index in [1.165, 1.54) is 24.3 Å². The zero-order valence-electron chi connectivity index (χ0n) is 9.41. The highest BCUT2D eigenvalue weighted by Gasteiger charge is 2.20. The fourth-order valence-electron chi connectivity index (χ4n) is 1.54. The standard InChI is InChI=1S/C12H10O6/c1-6(7-2-4-9(17-7)11(13)14)8-3-5-10(18-8)12(15)16/h2-6H,1H3,(H,13,14)(H,15,16). The maximum atomic E-state index is 10.7. The van der Waals surface area contributed by atoms with Crippen molar-refractivity contribution < 1.29 is 28.6 Å². The van der Waals surface area contributed by atoms with Crippen LogP contribution in [0.3, 0.4) is 0 Å². The Kier molecular flexibility index (Phi) is 2.93. The van der Waals surface area contributed by atoms with Crippen LogP contribution < -0.4 is 0 Å². The molecule has 0 spiro atoms. The Labute approximate surface area is 101 Å². The third kappa shape index (κ3) is 2.13. The van der Waals surface area contributed by atoms with E-state index in [0.29, 0.717) is 11.5 Å². The molecule has 2 aromatic heterocycles. The first-order chi connectivity index (χ1) is 8.49. The fraction of sp³-hybridized carbons (Fsp3) is 0.167. The van der Waals surface area contributed by atoms with Crippen LogP contribution in [0.2, 0.25) is 0 Å². The van der Waals surface area contributed by atoms with Gasteiger partial charge in [-0.05, 0) is 31.2 Å². The van der Waals surface area contributed by atoms with Crippen molar-refractivity contribution >= 4 is 11.9 Å². The van der Waals surface area contributed by atoms with Crippen molar-refractivity contribution in [3.63, 3.8) is 0 Å². The quantitative estimate of drug-likeness (QED) is 0.864. The van der Waals surface area contributed by atoms with Crippen LogP contribution in [0.1, 0.15) is 45.5 Å². The smallest absolute Gasteiger partial charge is 0.371 e. The topological polar surface area (TPSA) is 101 Å². The SMILES string of the molecule is CC(c1ccc(C(=O)O)o1)c1ccc(C(=O)O)o1. The van der Waals surface area contributed by atoms with Crippen molar-refractivity contribution in [1.82, 2.24) is 0 Å². The first kappa shape index (κ1) is 12.0. The lowest BCUT2D eigenvalue weighted by atomic mass is 10.1. The Hall–Kier alpha value is -2.50. The van der Waals surface area contributed by atoms with E-state index >= 15 is 0 Å². The molecule has 0 aromatic carbocycles. The zero-order valence-corrected chi connectivity index (χ0v) is 9.41. The minimum atomic E-state index is -1.15. The lowest BCUT2D eigenvalue weighted by Crippen LogP contribution is -1.95. The first-order valence-electron chi connectivity index (χ1n) is 5.15. The monoisotopic (exact) mass is 250 g/mol. The van der Waals surface area contributed by atoms with Gasteiger partial charge in [0.25, 0.3) is 0 Å². The van der Waals surface area contributed by atoms with E-state index in [0.717, 1.165) is 0 Å². The lowest BCUT2D eigenvalue weighted by Gasteiger charge is -2.04. The summed E-state index contributed by atoms with van der Waals surface area (Å²) in [4.78, 5) is 21.3. The molecule has 0 aliphatic heterocycles. The molecule has 6 heteroatoms. The number of carboxylic acids is 2. The number of hydrogen-bond acceptors (Lipinski definition) is 4. The summed E-state index contributed by atoms with van der Waals surface area (Å²) >= 11 is 0. The molecule has 0 radical (unpaired) electrons. The summed E-state index contributed by atoms with van der Waals surface area (Å²) in [6, 6.07) is 5.73. The molecule has 2 aromatic rings. The normalized spacial score (nSPS) is 10.8. The van der Waals surface area contributed by atoms with Crippen LogP contribution in [0.15, 0.2) is 33.1 Å². The number of carboxylic acid groups (broad SMARTS) is 2. The molecule has 6 nitrogen and oxygen atoms in total. The van der Waals surface area contributed by atoms with E-state index in [-0.39, 0.29) is 17.4 Å². The largest absolute Gasteiger partial charge is 0.475 e. The molecule has 0 atom stereocenters. The predicted octanol–water partition coefficient (Wildman–Crippen LogP) is 2.42. The molecule has 94 valence electrons. The molecule has 18 heavy (non-hydrogen) atoms. The van der Waals surface area contributed by atoms with Crippen molar-refractivity contribution in [3.8, 4) is 0 Å². The first-order valence-corrected chi connectivity index (χ1v) is 5.15. The van der Waals surface area contributed by atoms with E-state index in [1.807, 2.05) is 0 Å². The summed E-state index contributed by atoms with van der Waals surface area (Å²) in [6.45, 7) is 1.73. The average molecular weight is 250 g/mol. The summed E-state index contributed by atoms with van der Waals surface area (Å²) in [5.74, 6) is -2.19. The van der Waals surface area contributed by atoms with E-state index in [9.17, 15) is 9.59 Å². The maximum absolute atomic E-state index is 10.7. The Morgan fingerprint density at radius 3 is 1.61 bits per heavy atom. The van der Waals surface area contributed by atoms with Gasteiger partial charge in [-0.15, -0.1) is 0 Å². The van der Waals surface area contributed by atoms with Crippen LogP contribution in [0.5, 0.6) is 0 Å². The van der Waals surface area contributed by atoms with Crippen molar-refractivity contribution in [2.75, 3.05) is 0 Å². The molecular weight excluding hydrogens is 240 g/mol.